The molecule has 0 bridgehead atoms. The summed E-state index contributed by atoms with van der Waals surface area (Å²) in [7, 11) is 0. The van der Waals surface area contributed by atoms with Crippen LogP contribution in [0.15, 0.2) is 40.9 Å². The standard InChI is InChI=1S/C22H20F5N3O2/c23-21(24)4-7-30(8-5-21)20(31)13-1-2-18(29-12-13)14-9-15-10-16(3-6-28)32-19(15)17(11-14)22(25,26)27/h1-2,9-12H,3-8,28H2. The molecule has 1 aliphatic heterocycles. The molecular formula is C22H20F5N3O2. The van der Waals surface area contributed by atoms with E-state index in [1.54, 1.807) is 0 Å². The first-order valence-corrected chi connectivity index (χ1v) is 10.0. The van der Waals surface area contributed by atoms with Gasteiger partial charge in [0.25, 0.3) is 11.8 Å². The largest absolute Gasteiger partial charge is 0.460 e. The van der Waals surface area contributed by atoms with Crippen molar-refractivity contribution in [3.8, 4) is 11.3 Å². The number of furan rings is 1. The van der Waals surface area contributed by atoms with Gasteiger partial charge in [-0.25, -0.2) is 8.78 Å². The summed E-state index contributed by atoms with van der Waals surface area (Å²) in [6.45, 7) is 0.107. The number of carbonyl (C=O) groups is 1. The Bertz CT molecular complexity index is 1130. The monoisotopic (exact) mass is 453 g/mol. The molecule has 1 aliphatic rings. The van der Waals surface area contributed by atoms with E-state index in [4.69, 9.17) is 10.2 Å². The average Bonchev–Trinajstić information content (AvgIpc) is 3.14. The molecule has 3 aromatic rings. The van der Waals surface area contributed by atoms with Crippen LogP contribution in [0.25, 0.3) is 22.2 Å². The lowest BCUT2D eigenvalue weighted by Gasteiger charge is -2.31. The normalized spacial score (nSPS) is 16.5. The Morgan fingerprint density at radius 1 is 1.16 bits per heavy atom. The highest BCUT2D eigenvalue weighted by Gasteiger charge is 2.36. The highest BCUT2D eigenvalue weighted by atomic mass is 19.4. The predicted octanol–water partition coefficient (Wildman–Crippen LogP) is 4.89. The van der Waals surface area contributed by atoms with Gasteiger partial charge in [-0.15, -0.1) is 0 Å². The molecular weight excluding hydrogens is 433 g/mol. The number of hydrogen-bond donors (Lipinski definition) is 1. The highest BCUT2D eigenvalue weighted by molar-refractivity contribution is 5.94. The number of benzene rings is 1. The number of nitrogens with two attached hydrogens (primary N) is 1. The number of halogens is 5. The topological polar surface area (TPSA) is 72.4 Å². The summed E-state index contributed by atoms with van der Waals surface area (Å²) in [5, 5.41) is 0.273. The van der Waals surface area contributed by atoms with Crippen LogP contribution in [0.1, 0.15) is 34.5 Å². The van der Waals surface area contributed by atoms with Gasteiger partial charge in [0.05, 0.1) is 16.8 Å². The van der Waals surface area contributed by atoms with E-state index in [1.807, 2.05) is 0 Å². The number of rotatable bonds is 4. The van der Waals surface area contributed by atoms with Crippen LogP contribution in [0.2, 0.25) is 0 Å². The van der Waals surface area contributed by atoms with E-state index < -0.39 is 36.4 Å². The van der Waals surface area contributed by atoms with Gasteiger partial charge in [-0.1, -0.05) is 0 Å². The Labute approximate surface area is 180 Å². The Kier molecular flexibility index (Phi) is 5.66. The van der Waals surface area contributed by atoms with E-state index >= 15 is 0 Å². The summed E-state index contributed by atoms with van der Waals surface area (Å²) in [6, 6.07) is 6.88. The molecule has 10 heteroatoms. The fourth-order valence-electron chi connectivity index (χ4n) is 3.74. The lowest BCUT2D eigenvalue weighted by molar-refractivity contribution is -0.136. The molecule has 0 atom stereocenters. The Hall–Kier alpha value is -3.01. The third kappa shape index (κ3) is 4.45. The second-order valence-electron chi connectivity index (χ2n) is 7.77. The first-order chi connectivity index (χ1) is 15.1. The van der Waals surface area contributed by atoms with Crippen molar-refractivity contribution in [1.82, 2.24) is 9.88 Å². The van der Waals surface area contributed by atoms with Crippen LogP contribution in [-0.2, 0) is 12.6 Å². The molecule has 1 aromatic carbocycles. The van der Waals surface area contributed by atoms with Gasteiger partial charge in [-0.05, 0) is 36.9 Å². The summed E-state index contributed by atoms with van der Waals surface area (Å²) in [6.07, 6.45) is -3.89. The van der Waals surface area contributed by atoms with Crippen molar-refractivity contribution in [2.24, 2.45) is 5.73 Å². The molecule has 2 N–H and O–H groups in total. The summed E-state index contributed by atoms with van der Waals surface area (Å²) in [4.78, 5) is 18.0. The molecule has 3 heterocycles. The molecule has 1 fully saturated rings. The molecule has 4 rings (SSSR count). The molecule has 1 amide bonds. The molecule has 1 saturated heterocycles. The summed E-state index contributed by atoms with van der Waals surface area (Å²) in [5.41, 5.74) is 4.91. The molecule has 5 nitrogen and oxygen atoms in total. The molecule has 0 saturated carbocycles. The van der Waals surface area contributed by atoms with E-state index in [-0.39, 0.29) is 47.4 Å². The molecule has 32 heavy (non-hydrogen) atoms. The molecule has 0 spiro atoms. The van der Waals surface area contributed by atoms with Gasteiger partial charge in [0.2, 0.25) is 0 Å². The maximum atomic E-state index is 13.6. The molecule has 0 unspecified atom stereocenters. The summed E-state index contributed by atoms with van der Waals surface area (Å²) in [5.74, 6) is -2.86. The fraction of sp³-hybridized carbons (Fsp3) is 0.364. The van der Waals surface area contributed by atoms with Crippen LogP contribution in [0.4, 0.5) is 22.0 Å². The van der Waals surface area contributed by atoms with Crippen molar-refractivity contribution in [2.45, 2.75) is 31.4 Å². The fourth-order valence-corrected chi connectivity index (χ4v) is 3.74. The quantitative estimate of drug-likeness (QED) is 0.572. The molecule has 0 radical (unpaired) electrons. The maximum absolute atomic E-state index is 13.6. The summed E-state index contributed by atoms with van der Waals surface area (Å²) >= 11 is 0. The maximum Gasteiger partial charge on any atom is 0.420 e. The van der Waals surface area contributed by atoms with Crippen LogP contribution in [-0.4, -0.2) is 41.3 Å². The van der Waals surface area contributed by atoms with Gasteiger partial charge < -0.3 is 15.1 Å². The number of pyridine rings is 1. The Morgan fingerprint density at radius 2 is 1.88 bits per heavy atom. The SMILES string of the molecule is NCCc1cc2cc(-c3ccc(C(=O)N4CCC(F)(F)CC4)cn3)cc(C(F)(F)F)c2o1. The number of likely N-dealkylation sites (tertiary alicyclic amines) is 1. The minimum Gasteiger partial charge on any atom is -0.460 e. The zero-order valence-electron chi connectivity index (χ0n) is 16.9. The Morgan fingerprint density at radius 3 is 2.47 bits per heavy atom. The third-order valence-corrected chi connectivity index (χ3v) is 5.45. The van der Waals surface area contributed by atoms with Crippen molar-refractivity contribution in [2.75, 3.05) is 19.6 Å². The lowest BCUT2D eigenvalue weighted by Crippen LogP contribution is -2.42. The number of nitrogens with zero attached hydrogens (tertiary/aromatic N) is 2. The smallest absolute Gasteiger partial charge is 0.420 e. The van der Waals surface area contributed by atoms with Crippen LogP contribution < -0.4 is 5.73 Å². The van der Waals surface area contributed by atoms with Crippen LogP contribution >= 0.6 is 0 Å². The van der Waals surface area contributed by atoms with E-state index in [9.17, 15) is 26.7 Å². The first-order valence-electron chi connectivity index (χ1n) is 10.0. The number of piperidine rings is 1. The van der Waals surface area contributed by atoms with Gasteiger partial charge in [-0.2, -0.15) is 13.2 Å². The van der Waals surface area contributed by atoms with E-state index in [2.05, 4.69) is 4.98 Å². The lowest BCUT2D eigenvalue weighted by atomic mass is 10.0. The Balaban J connectivity index is 1.63. The third-order valence-electron chi connectivity index (χ3n) is 5.45. The van der Waals surface area contributed by atoms with Gasteiger partial charge in [0, 0.05) is 49.5 Å². The zero-order valence-corrected chi connectivity index (χ0v) is 16.9. The number of hydrogen-bond acceptors (Lipinski definition) is 4. The summed E-state index contributed by atoms with van der Waals surface area (Å²) < 4.78 is 72.9. The minimum atomic E-state index is -4.64. The number of alkyl halides is 5. The van der Waals surface area contributed by atoms with Crippen molar-refractivity contribution in [1.29, 1.82) is 0 Å². The van der Waals surface area contributed by atoms with Crippen molar-refractivity contribution >= 4 is 16.9 Å². The van der Waals surface area contributed by atoms with Crippen LogP contribution in [0.5, 0.6) is 0 Å². The number of aromatic nitrogens is 1. The number of carbonyl (C=O) groups excluding carboxylic acids is 1. The minimum absolute atomic E-state index is 0.0647. The molecule has 2 aromatic heterocycles. The van der Waals surface area contributed by atoms with Gasteiger partial charge in [-0.3, -0.25) is 9.78 Å². The van der Waals surface area contributed by atoms with Crippen LogP contribution in [0, 0.1) is 0 Å². The van der Waals surface area contributed by atoms with E-state index in [0.717, 1.165) is 6.07 Å². The predicted molar refractivity (Wildman–Crippen MR) is 107 cm³/mol. The van der Waals surface area contributed by atoms with Gasteiger partial charge in [0.15, 0.2) is 0 Å². The van der Waals surface area contributed by atoms with E-state index in [1.165, 1.54) is 35.4 Å². The van der Waals surface area contributed by atoms with Gasteiger partial charge >= 0.3 is 6.18 Å². The van der Waals surface area contributed by atoms with Crippen molar-refractivity contribution in [3.05, 3.63) is 53.4 Å². The zero-order chi connectivity index (χ0) is 23.1. The second kappa shape index (κ2) is 8.16. The number of fused-ring (bicyclic) bond motifs is 1. The average molecular weight is 453 g/mol. The van der Waals surface area contributed by atoms with Gasteiger partial charge in [0.1, 0.15) is 11.3 Å². The van der Waals surface area contributed by atoms with Crippen molar-refractivity contribution < 1.29 is 31.2 Å². The van der Waals surface area contributed by atoms with Crippen molar-refractivity contribution in [3.63, 3.8) is 0 Å². The number of amides is 1. The van der Waals surface area contributed by atoms with E-state index in [0.29, 0.717) is 12.2 Å². The first kappa shape index (κ1) is 22.2. The second-order valence-corrected chi connectivity index (χ2v) is 7.77. The molecule has 0 aliphatic carbocycles. The van der Waals surface area contributed by atoms with Crippen LogP contribution in [0.3, 0.4) is 0 Å². The molecule has 170 valence electrons. The highest BCUT2D eigenvalue weighted by Crippen LogP contribution is 2.39.